The van der Waals surface area contributed by atoms with Crippen molar-refractivity contribution in [3.63, 3.8) is 0 Å². The fourth-order valence-corrected chi connectivity index (χ4v) is 12.5. The molecule has 0 aromatic heterocycles. The molecule has 0 unspecified atom stereocenters. The van der Waals surface area contributed by atoms with Gasteiger partial charge in [0.05, 0.1) is 0 Å². The Morgan fingerprint density at radius 1 is 1.21 bits per heavy atom. The molecule has 0 aromatic carbocycles. The molecule has 1 aliphatic heterocycles. The molecular weight excluding hydrogens is 252 g/mol. The Hall–Kier alpha value is -0.0325. The molecule has 0 saturated carbocycles. The van der Waals surface area contributed by atoms with E-state index in [1.165, 1.54) is 0 Å². The zero-order chi connectivity index (χ0) is 10.8. The summed E-state index contributed by atoms with van der Waals surface area (Å²) in [4.78, 5) is 10.5. The molecule has 5 nitrogen and oxygen atoms in total. The SMILES string of the molecule is C[Si]1(C)O[SiH2]O[Si](=C=O)O[Si](C)(C)O1. The van der Waals surface area contributed by atoms with Gasteiger partial charge in [0.2, 0.25) is 0 Å². The molecule has 1 rings (SSSR count). The van der Waals surface area contributed by atoms with Crippen molar-refractivity contribution in [3.05, 3.63) is 0 Å². The second-order valence-corrected chi connectivity index (χ2v) is 14.4. The van der Waals surface area contributed by atoms with Crippen molar-refractivity contribution >= 4 is 41.6 Å². The predicted octanol–water partition coefficient (Wildman–Crippen LogP) is -0.394. The molecule has 0 atom stereocenters. The predicted molar refractivity (Wildman–Crippen MR) is 59.3 cm³/mol. The zero-order valence-corrected chi connectivity index (χ0v) is 13.2. The summed E-state index contributed by atoms with van der Waals surface area (Å²) in [5.41, 5.74) is 1.79. The van der Waals surface area contributed by atoms with Gasteiger partial charge in [0.15, 0.2) is 5.54 Å². The van der Waals surface area contributed by atoms with Crippen LogP contribution < -0.4 is 0 Å². The molecule has 14 heavy (non-hydrogen) atoms. The molecule has 0 spiro atoms. The van der Waals surface area contributed by atoms with Crippen LogP contribution in [0.5, 0.6) is 0 Å². The monoisotopic (exact) mass is 266 g/mol. The summed E-state index contributed by atoms with van der Waals surface area (Å²) in [6.45, 7) is 7.71. The van der Waals surface area contributed by atoms with Crippen LogP contribution in [0, 0.1) is 0 Å². The number of rotatable bonds is 0. The van der Waals surface area contributed by atoms with Gasteiger partial charge in [-0.2, -0.15) is 0 Å². The van der Waals surface area contributed by atoms with E-state index >= 15 is 0 Å². The minimum absolute atomic E-state index is 1.14. The van der Waals surface area contributed by atoms with E-state index in [0.717, 1.165) is 0 Å². The highest BCUT2D eigenvalue weighted by Gasteiger charge is 2.40. The van der Waals surface area contributed by atoms with Crippen molar-refractivity contribution in [2.75, 3.05) is 0 Å². The van der Waals surface area contributed by atoms with Crippen molar-refractivity contribution < 1.29 is 21.3 Å². The number of carbonyl (C=O) groups excluding carboxylic acids is 1. The van der Waals surface area contributed by atoms with E-state index in [1.807, 2.05) is 26.2 Å². The smallest absolute Gasteiger partial charge is 0.556 e. The summed E-state index contributed by atoms with van der Waals surface area (Å²) >= 11 is 0. The molecule has 0 radical (unpaired) electrons. The van der Waals surface area contributed by atoms with E-state index in [2.05, 4.69) is 0 Å². The highest BCUT2D eigenvalue weighted by Crippen LogP contribution is 2.18. The van der Waals surface area contributed by atoms with E-state index in [4.69, 9.17) is 16.5 Å². The lowest BCUT2D eigenvalue weighted by molar-refractivity contribution is 0.282. The van der Waals surface area contributed by atoms with Crippen LogP contribution in [0.1, 0.15) is 0 Å². The Bertz CT molecular complexity index is 271. The quantitative estimate of drug-likeness (QED) is 0.559. The van der Waals surface area contributed by atoms with Crippen LogP contribution in [0.2, 0.25) is 26.2 Å². The third-order valence-electron chi connectivity index (χ3n) is 1.51. The summed E-state index contributed by atoms with van der Waals surface area (Å²) in [5.74, 6) is 0. The fraction of sp³-hybridized carbons (Fsp3) is 0.800. The van der Waals surface area contributed by atoms with Crippen LogP contribution in [0.15, 0.2) is 0 Å². The Morgan fingerprint density at radius 2 is 1.86 bits per heavy atom. The molecule has 0 aliphatic carbocycles. The van der Waals surface area contributed by atoms with E-state index in [0.29, 0.717) is 0 Å². The van der Waals surface area contributed by atoms with Crippen LogP contribution in [-0.4, -0.2) is 41.6 Å². The molecule has 0 N–H and O–H groups in total. The molecule has 1 fully saturated rings. The maximum absolute atomic E-state index is 10.5. The van der Waals surface area contributed by atoms with Crippen LogP contribution >= 0.6 is 0 Å². The maximum atomic E-state index is 10.5. The Morgan fingerprint density at radius 3 is 2.43 bits per heavy atom. The molecule has 1 saturated heterocycles. The van der Waals surface area contributed by atoms with E-state index in [1.54, 1.807) is 5.54 Å². The van der Waals surface area contributed by atoms with E-state index < -0.39 is 36.0 Å². The standard InChI is InChI=1S/C5H14O5Si4/c1-13(2)8-11-7-12(5-6)9-14(3,4)10-13/h11H2,1-4H3. The van der Waals surface area contributed by atoms with Gasteiger partial charge in [-0.3, -0.25) is 0 Å². The molecule has 80 valence electrons. The van der Waals surface area contributed by atoms with Crippen molar-refractivity contribution in [1.82, 2.24) is 0 Å². The van der Waals surface area contributed by atoms with Crippen molar-refractivity contribution in [2.24, 2.45) is 0 Å². The van der Waals surface area contributed by atoms with Crippen LogP contribution in [-0.2, 0) is 21.3 Å². The van der Waals surface area contributed by atoms with Crippen LogP contribution in [0.4, 0.5) is 0 Å². The molecule has 9 heteroatoms. The van der Waals surface area contributed by atoms with E-state index in [9.17, 15) is 4.79 Å². The van der Waals surface area contributed by atoms with Gasteiger partial charge in [-0.05, 0) is 26.2 Å². The van der Waals surface area contributed by atoms with Gasteiger partial charge in [0.1, 0.15) is 0 Å². The first-order valence-electron chi connectivity index (χ1n) is 4.26. The van der Waals surface area contributed by atoms with Crippen molar-refractivity contribution in [3.8, 4) is 0 Å². The molecule has 0 aromatic rings. The highest BCUT2D eigenvalue weighted by molar-refractivity contribution is 6.84. The summed E-state index contributed by atoms with van der Waals surface area (Å²) in [6, 6.07) is 0. The summed E-state index contributed by atoms with van der Waals surface area (Å²) in [5, 5.41) is 0. The Kier molecular flexibility index (Phi) is 3.63. The summed E-state index contributed by atoms with van der Waals surface area (Å²) in [7, 11) is -7.42. The van der Waals surface area contributed by atoms with Gasteiger partial charge >= 0.3 is 36.0 Å². The number of hydrogen-bond donors (Lipinski definition) is 0. The lowest BCUT2D eigenvalue weighted by Crippen LogP contribution is -2.53. The fourth-order valence-electron chi connectivity index (χ4n) is 1.17. The van der Waals surface area contributed by atoms with Gasteiger partial charge in [0.25, 0.3) is 0 Å². The largest absolute Gasteiger partial charge is 0.557 e. The normalized spacial score (nSPS) is 26.7. The van der Waals surface area contributed by atoms with Gasteiger partial charge in [-0.25, -0.2) is 4.79 Å². The lowest BCUT2D eigenvalue weighted by atomic mass is 11.9. The van der Waals surface area contributed by atoms with Gasteiger partial charge in [0, 0.05) is 0 Å². The first-order chi connectivity index (χ1) is 6.35. The van der Waals surface area contributed by atoms with Gasteiger partial charge in [-0.15, -0.1) is 0 Å². The van der Waals surface area contributed by atoms with Crippen molar-refractivity contribution in [2.45, 2.75) is 26.2 Å². The molecule has 0 amide bonds. The van der Waals surface area contributed by atoms with Gasteiger partial charge in [-0.1, -0.05) is 0 Å². The third-order valence-corrected chi connectivity index (χ3v) is 13.1. The van der Waals surface area contributed by atoms with Crippen LogP contribution in [0.25, 0.3) is 0 Å². The molecular formula is C5H14O5Si4. The first-order valence-corrected chi connectivity index (χ1v) is 12.4. The average Bonchev–Trinajstić information content (AvgIpc) is 1.97. The molecule has 0 bridgehead atoms. The second kappa shape index (κ2) is 4.22. The van der Waals surface area contributed by atoms with Crippen molar-refractivity contribution in [1.29, 1.82) is 0 Å². The van der Waals surface area contributed by atoms with E-state index in [-0.39, 0.29) is 0 Å². The summed E-state index contributed by atoms with van der Waals surface area (Å²) in [6.07, 6.45) is 0. The highest BCUT2D eigenvalue weighted by atomic mass is 28.5. The third kappa shape index (κ3) is 3.61. The second-order valence-electron chi connectivity index (χ2n) is 3.80. The molecule has 1 aliphatic rings. The summed E-state index contributed by atoms with van der Waals surface area (Å²) < 4.78 is 22.2. The van der Waals surface area contributed by atoms with Crippen LogP contribution in [0.3, 0.4) is 0 Å². The Balaban J connectivity index is 2.80. The first kappa shape index (κ1) is 12.0. The number of hydrogen-bond acceptors (Lipinski definition) is 5. The lowest BCUT2D eigenvalue weighted by Gasteiger charge is -2.35. The Labute approximate surface area is 89.3 Å². The minimum atomic E-state index is -2.28. The average molecular weight is 267 g/mol. The zero-order valence-electron chi connectivity index (χ0n) is 8.75. The maximum Gasteiger partial charge on any atom is 0.557 e. The minimum Gasteiger partial charge on any atom is -0.556 e. The molecule has 1 heterocycles. The van der Waals surface area contributed by atoms with Gasteiger partial charge < -0.3 is 16.5 Å². The topological polar surface area (TPSA) is 54.0 Å².